The van der Waals surface area contributed by atoms with Gasteiger partial charge in [0.25, 0.3) is 0 Å². The highest BCUT2D eigenvalue weighted by atomic mass is 35.5. The highest BCUT2D eigenvalue weighted by Gasteiger charge is 2.58. The first-order chi connectivity index (χ1) is 7.58. The molecule has 1 fully saturated rings. The van der Waals surface area contributed by atoms with Gasteiger partial charge in [-0.1, -0.05) is 13.8 Å². The van der Waals surface area contributed by atoms with Crippen LogP contribution in [0.2, 0.25) is 0 Å². The zero-order valence-electron chi connectivity index (χ0n) is 10.2. The molecule has 1 aliphatic heterocycles. The number of hydrogen-bond donors (Lipinski definition) is 2. The number of rotatable bonds is 2. The van der Waals surface area contributed by atoms with E-state index in [1.54, 1.807) is 13.8 Å². The second kappa shape index (κ2) is 5.63. The van der Waals surface area contributed by atoms with Gasteiger partial charge in [0.2, 0.25) is 5.91 Å². The van der Waals surface area contributed by atoms with Crippen LogP contribution in [0.15, 0.2) is 0 Å². The molecule has 1 heterocycles. The molecule has 0 aliphatic carbocycles. The summed E-state index contributed by atoms with van der Waals surface area (Å²) in [7, 11) is 0. The summed E-state index contributed by atoms with van der Waals surface area (Å²) in [5, 5.41) is 9.41. The molecule has 0 bridgehead atoms. The van der Waals surface area contributed by atoms with Crippen molar-refractivity contribution in [2.75, 3.05) is 13.1 Å². The third-order valence-corrected chi connectivity index (χ3v) is 3.09. The van der Waals surface area contributed by atoms with Crippen LogP contribution in [0.4, 0.5) is 13.2 Å². The second-order valence-corrected chi connectivity index (χ2v) is 4.81. The van der Waals surface area contributed by atoms with Crippen molar-refractivity contribution in [2.45, 2.75) is 38.1 Å². The third kappa shape index (κ3) is 3.27. The Morgan fingerprint density at radius 3 is 2.28 bits per heavy atom. The van der Waals surface area contributed by atoms with Gasteiger partial charge >= 0.3 is 6.18 Å². The predicted molar refractivity (Wildman–Crippen MR) is 62.3 cm³/mol. The molecule has 1 rings (SSSR count). The summed E-state index contributed by atoms with van der Waals surface area (Å²) in [4.78, 5) is 12.7. The van der Waals surface area contributed by atoms with Gasteiger partial charge in [-0.05, 0) is 5.92 Å². The number of carbonyl (C=O) groups is 1. The van der Waals surface area contributed by atoms with E-state index in [1.807, 2.05) is 0 Å². The lowest BCUT2D eigenvalue weighted by Gasteiger charge is -2.27. The molecule has 108 valence electrons. The smallest absolute Gasteiger partial charge is 0.379 e. The lowest BCUT2D eigenvalue weighted by atomic mass is 10.0. The molecule has 0 radical (unpaired) electrons. The Bertz CT molecular complexity index is 312. The number of likely N-dealkylation sites (tertiary alicyclic amines) is 1. The van der Waals surface area contributed by atoms with E-state index in [9.17, 15) is 23.1 Å². The van der Waals surface area contributed by atoms with Crippen molar-refractivity contribution in [3.63, 3.8) is 0 Å². The van der Waals surface area contributed by atoms with Gasteiger partial charge in [-0.15, -0.1) is 12.4 Å². The van der Waals surface area contributed by atoms with Crippen molar-refractivity contribution in [1.29, 1.82) is 0 Å². The maximum Gasteiger partial charge on any atom is 0.419 e. The van der Waals surface area contributed by atoms with E-state index in [4.69, 9.17) is 5.73 Å². The summed E-state index contributed by atoms with van der Waals surface area (Å²) >= 11 is 0. The highest BCUT2D eigenvalue weighted by Crippen LogP contribution is 2.37. The molecule has 2 atom stereocenters. The van der Waals surface area contributed by atoms with Crippen LogP contribution in [-0.2, 0) is 4.79 Å². The van der Waals surface area contributed by atoms with Crippen LogP contribution in [0.5, 0.6) is 0 Å². The minimum Gasteiger partial charge on any atom is -0.379 e. The van der Waals surface area contributed by atoms with Crippen molar-refractivity contribution < 1.29 is 23.1 Å². The number of amides is 1. The topological polar surface area (TPSA) is 66.6 Å². The Morgan fingerprint density at radius 2 is 1.94 bits per heavy atom. The zero-order valence-corrected chi connectivity index (χ0v) is 11.0. The van der Waals surface area contributed by atoms with E-state index in [0.717, 1.165) is 4.90 Å². The monoisotopic (exact) mass is 290 g/mol. The number of halogens is 4. The standard InChI is InChI=1S/C10H17F3N2O2.ClH/c1-6(2)7(14)8(16)15-4-3-9(17,5-15)10(11,12)13;/h6-7,17H,3-5,14H2,1-2H3;1H. The lowest BCUT2D eigenvalue weighted by molar-refractivity contribution is -0.253. The largest absolute Gasteiger partial charge is 0.419 e. The molecular formula is C10H18ClF3N2O2. The maximum atomic E-state index is 12.5. The van der Waals surface area contributed by atoms with Crippen LogP contribution in [0.25, 0.3) is 0 Å². The first-order valence-electron chi connectivity index (χ1n) is 5.42. The Labute approximate surface area is 110 Å². The van der Waals surface area contributed by atoms with Crippen molar-refractivity contribution in [2.24, 2.45) is 11.7 Å². The molecule has 4 nitrogen and oxygen atoms in total. The summed E-state index contributed by atoms with van der Waals surface area (Å²) in [6.45, 7) is 2.59. The van der Waals surface area contributed by atoms with Crippen LogP contribution in [0, 0.1) is 5.92 Å². The molecule has 2 unspecified atom stereocenters. The van der Waals surface area contributed by atoms with E-state index >= 15 is 0 Å². The van der Waals surface area contributed by atoms with Crippen molar-refractivity contribution >= 4 is 18.3 Å². The molecule has 18 heavy (non-hydrogen) atoms. The van der Waals surface area contributed by atoms with Crippen LogP contribution in [0.3, 0.4) is 0 Å². The van der Waals surface area contributed by atoms with E-state index in [1.165, 1.54) is 0 Å². The van der Waals surface area contributed by atoms with Gasteiger partial charge in [-0.3, -0.25) is 4.79 Å². The lowest BCUT2D eigenvalue weighted by Crippen LogP contribution is -2.51. The van der Waals surface area contributed by atoms with Gasteiger partial charge in [-0.2, -0.15) is 13.2 Å². The second-order valence-electron chi connectivity index (χ2n) is 4.81. The van der Waals surface area contributed by atoms with Gasteiger partial charge in [0.1, 0.15) is 0 Å². The number of β-amino-alcohol motifs (C(OH)–C–C–N with tert-alkyl or cyclic N) is 1. The van der Waals surface area contributed by atoms with Crippen LogP contribution in [-0.4, -0.2) is 46.8 Å². The van der Waals surface area contributed by atoms with Gasteiger partial charge in [-0.25, -0.2) is 0 Å². The number of hydrogen-bond acceptors (Lipinski definition) is 3. The number of nitrogens with two attached hydrogens (primary N) is 1. The normalized spacial score (nSPS) is 26.1. The summed E-state index contributed by atoms with van der Waals surface area (Å²) < 4.78 is 37.6. The van der Waals surface area contributed by atoms with Crippen LogP contribution < -0.4 is 5.73 Å². The molecule has 1 aliphatic rings. The Hall–Kier alpha value is -0.530. The minimum absolute atomic E-state index is 0. The molecular weight excluding hydrogens is 273 g/mol. The zero-order chi connectivity index (χ0) is 13.4. The van der Waals surface area contributed by atoms with Crippen molar-refractivity contribution in [3.8, 4) is 0 Å². The average molecular weight is 291 g/mol. The quantitative estimate of drug-likeness (QED) is 0.795. The van der Waals surface area contributed by atoms with Gasteiger partial charge < -0.3 is 15.7 Å². The van der Waals surface area contributed by atoms with Crippen molar-refractivity contribution in [1.82, 2.24) is 4.90 Å². The number of nitrogens with zero attached hydrogens (tertiary/aromatic N) is 1. The first kappa shape index (κ1) is 17.5. The number of carbonyl (C=O) groups excluding carboxylic acids is 1. The predicted octanol–water partition coefficient (Wildman–Crippen LogP) is 0.917. The van der Waals surface area contributed by atoms with Gasteiger partial charge in [0.05, 0.1) is 12.6 Å². The summed E-state index contributed by atoms with van der Waals surface area (Å²) in [5.41, 5.74) is 2.79. The van der Waals surface area contributed by atoms with Crippen LogP contribution >= 0.6 is 12.4 Å². The number of aliphatic hydroxyl groups is 1. The van der Waals surface area contributed by atoms with Gasteiger partial charge in [0.15, 0.2) is 5.60 Å². The average Bonchev–Trinajstić information content (AvgIpc) is 2.59. The molecule has 0 aromatic rings. The van der Waals surface area contributed by atoms with E-state index < -0.39 is 36.7 Å². The fraction of sp³-hybridized carbons (Fsp3) is 0.900. The number of alkyl halides is 3. The summed E-state index contributed by atoms with van der Waals surface area (Å²) in [5.74, 6) is -0.692. The third-order valence-electron chi connectivity index (χ3n) is 3.09. The van der Waals surface area contributed by atoms with E-state index in [2.05, 4.69) is 0 Å². The van der Waals surface area contributed by atoms with E-state index in [-0.39, 0.29) is 24.9 Å². The molecule has 0 spiro atoms. The van der Waals surface area contributed by atoms with Crippen LogP contribution in [0.1, 0.15) is 20.3 Å². The Morgan fingerprint density at radius 1 is 1.44 bits per heavy atom. The summed E-state index contributed by atoms with van der Waals surface area (Å²) in [6.07, 6.45) is -5.21. The highest BCUT2D eigenvalue weighted by molar-refractivity contribution is 5.85. The Balaban J connectivity index is 0.00000289. The maximum absolute atomic E-state index is 12.5. The molecule has 8 heteroatoms. The molecule has 1 saturated heterocycles. The molecule has 0 saturated carbocycles. The van der Waals surface area contributed by atoms with Gasteiger partial charge in [0, 0.05) is 13.0 Å². The first-order valence-corrected chi connectivity index (χ1v) is 5.42. The molecule has 3 N–H and O–H groups in total. The van der Waals surface area contributed by atoms with Crippen molar-refractivity contribution in [3.05, 3.63) is 0 Å². The van der Waals surface area contributed by atoms with E-state index in [0.29, 0.717) is 0 Å². The molecule has 0 aromatic heterocycles. The Kier molecular flexibility index (Phi) is 5.46. The SMILES string of the molecule is CC(C)C(N)C(=O)N1CCC(O)(C(F)(F)F)C1.Cl. The molecule has 0 aromatic carbocycles. The summed E-state index contributed by atoms with van der Waals surface area (Å²) in [6, 6.07) is -0.828. The molecule has 1 amide bonds. The fourth-order valence-electron chi connectivity index (χ4n) is 1.71. The fourth-order valence-corrected chi connectivity index (χ4v) is 1.71. The minimum atomic E-state index is -4.72.